The molecule has 2 N–H and O–H groups in total. The highest BCUT2D eigenvalue weighted by atomic mass is 35.5. The first-order valence-corrected chi connectivity index (χ1v) is 5.52. The molecule has 0 saturated carbocycles. The van der Waals surface area contributed by atoms with Gasteiger partial charge >= 0.3 is 0 Å². The van der Waals surface area contributed by atoms with Crippen LogP contribution < -0.4 is 10.5 Å². The molecule has 0 amide bonds. The average molecular weight is 250 g/mol. The zero-order valence-corrected chi connectivity index (χ0v) is 10.1. The Kier molecular flexibility index (Phi) is 3.56. The SMILES string of the molecule is Cc1ccc(CN)c(Oc2cncc(Cl)c2)n1. The van der Waals surface area contributed by atoms with Crippen molar-refractivity contribution in [2.24, 2.45) is 5.73 Å². The first-order chi connectivity index (χ1) is 8.19. The predicted molar refractivity (Wildman–Crippen MR) is 66.2 cm³/mol. The monoisotopic (exact) mass is 249 g/mol. The summed E-state index contributed by atoms with van der Waals surface area (Å²) < 4.78 is 5.62. The van der Waals surface area contributed by atoms with Gasteiger partial charge < -0.3 is 10.5 Å². The minimum absolute atomic E-state index is 0.372. The van der Waals surface area contributed by atoms with Crippen molar-refractivity contribution in [2.75, 3.05) is 0 Å². The van der Waals surface area contributed by atoms with Gasteiger partial charge in [0, 0.05) is 30.1 Å². The summed E-state index contributed by atoms with van der Waals surface area (Å²) in [4.78, 5) is 8.24. The molecule has 0 atom stereocenters. The van der Waals surface area contributed by atoms with Crippen LogP contribution in [0.2, 0.25) is 5.02 Å². The van der Waals surface area contributed by atoms with E-state index in [9.17, 15) is 0 Å². The lowest BCUT2D eigenvalue weighted by Gasteiger charge is -2.09. The summed E-state index contributed by atoms with van der Waals surface area (Å²) in [6, 6.07) is 5.47. The van der Waals surface area contributed by atoms with Gasteiger partial charge in [-0.1, -0.05) is 17.7 Å². The molecule has 0 bridgehead atoms. The van der Waals surface area contributed by atoms with E-state index in [4.69, 9.17) is 22.1 Å². The van der Waals surface area contributed by atoms with E-state index < -0.39 is 0 Å². The molecule has 4 nitrogen and oxygen atoms in total. The van der Waals surface area contributed by atoms with Gasteiger partial charge in [-0.3, -0.25) is 4.98 Å². The molecule has 2 rings (SSSR count). The number of rotatable bonds is 3. The van der Waals surface area contributed by atoms with Crippen LogP contribution in [-0.2, 0) is 6.54 Å². The number of hydrogen-bond donors (Lipinski definition) is 1. The van der Waals surface area contributed by atoms with Gasteiger partial charge in [0.05, 0.1) is 11.2 Å². The van der Waals surface area contributed by atoms with E-state index in [1.807, 2.05) is 19.1 Å². The molecule has 5 heteroatoms. The maximum atomic E-state index is 5.83. The van der Waals surface area contributed by atoms with Crippen molar-refractivity contribution in [3.05, 3.63) is 46.9 Å². The first-order valence-electron chi connectivity index (χ1n) is 5.14. The Balaban J connectivity index is 2.32. The highest BCUT2D eigenvalue weighted by Crippen LogP contribution is 2.24. The zero-order valence-electron chi connectivity index (χ0n) is 9.35. The van der Waals surface area contributed by atoms with Crippen LogP contribution in [0.1, 0.15) is 11.3 Å². The third kappa shape index (κ3) is 2.93. The Bertz CT molecular complexity index is 531. The summed E-state index contributed by atoms with van der Waals surface area (Å²) in [5, 5.41) is 0.518. The predicted octanol–water partition coefficient (Wildman–Crippen LogP) is 2.69. The van der Waals surface area contributed by atoms with E-state index in [-0.39, 0.29) is 0 Å². The summed E-state index contributed by atoms with van der Waals surface area (Å²) in [6.07, 6.45) is 3.12. The average Bonchev–Trinajstić information content (AvgIpc) is 2.29. The Labute approximate surface area is 104 Å². The van der Waals surface area contributed by atoms with Crippen molar-refractivity contribution in [3.8, 4) is 11.6 Å². The van der Waals surface area contributed by atoms with E-state index in [2.05, 4.69) is 9.97 Å². The lowest BCUT2D eigenvalue weighted by Crippen LogP contribution is -2.02. The Morgan fingerprint density at radius 3 is 2.88 bits per heavy atom. The van der Waals surface area contributed by atoms with Crippen LogP contribution in [0.4, 0.5) is 0 Å². The number of pyridine rings is 2. The second-order valence-corrected chi connectivity index (χ2v) is 4.00. The topological polar surface area (TPSA) is 61.0 Å². The van der Waals surface area contributed by atoms with Crippen molar-refractivity contribution in [1.29, 1.82) is 0 Å². The lowest BCUT2D eigenvalue weighted by atomic mass is 10.2. The third-order valence-corrected chi connectivity index (χ3v) is 2.40. The molecule has 0 radical (unpaired) electrons. The summed E-state index contributed by atoms with van der Waals surface area (Å²) >= 11 is 5.83. The molecular formula is C12H12ClN3O. The van der Waals surface area contributed by atoms with E-state index in [1.54, 1.807) is 18.5 Å². The van der Waals surface area contributed by atoms with E-state index >= 15 is 0 Å². The van der Waals surface area contributed by atoms with Crippen LogP contribution in [0, 0.1) is 6.92 Å². The molecule has 0 aliphatic heterocycles. The maximum Gasteiger partial charge on any atom is 0.224 e. The van der Waals surface area contributed by atoms with Gasteiger partial charge in [0.25, 0.3) is 0 Å². The molecule has 0 aliphatic rings. The Morgan fingerprint density at radius 2 is 2.18 bits per heavy atom. The second kappa shape index (κ2) is 5.12. The molecule has 2 aromatic rings. The number of hydrogen-bond acceptors (Lipinski definition) is 4. The van der Waals surface area contributed by atoms with Gasteiger partial charge in [-0.05, 0) is 13.0 Å². The van der Waals surface area contributed by atoms with E-state index in [0.717, 1.165) is 11.3 Å². The van der Waals surface area contributed by atoms with Crippen LogP contribution >= 0.6 is 11.6 Å². The molecule has 0 saturated heterocycles. The van der Waals surface area contributed by atoms with Gasteiger partial charge in [-0.15, -0.1) is 0 Å². The molecule has 2 aromatic heterocycles. The summed E-state index contributed by atoms with van der Waals surface area (Å²) in [5.74, 6) is 1.04. The maximum absolute atomic E-state index is 5.83. The van der Waals surface area contributed by atoms with Gasteiger partial charge in [0.2, 0.25) is 5.88 Å². The summed E-state index contributed by atoms with van der Waals surface area (Å²) in [6.45, 7) is 2.26. The Morgan fingerprint density at radius 1 is 1.35 bits per heavy atom. The minimum atomic E-state index is 0.372. The molecule has 0 fully saturated rings. The number of nitrogens with two attached hydrogens (primary N) is 1. The largest absolute Gasteiger partial charge is 0.437 e. The molecule has 17 heavy (non-hydrogen) atoms. The molecule has 88 valence electrons. The van der Waals surface area contributed by atoms with E-state index in [1.165, 1.54) is 0 Å². The standard InChI is InChI=1S/C12H12ClN3O/c1-8-2-3-9(5-14)12(16-8)17-11-4-10(13)6-15-7-11/h2-4,6-7H,5,14H2,1H3. The summed E-state index contributed by atoms with van der Waals surface area (Å²) in [5.41, 5.74) is 7.33. The van der Waals surface area contributed by atoms with Crippen molar-refractivity contribution < 1.29 is 4.74 Å². The summed E-state index contributed by atoms with van der Waals surface area (Å²) in [7, 11) is 0. The Hall–Kier alpha value is -1.65. The highest BCUT2D eigenvalue weighted by Gasteiger charge is 2.06. The number of aromatic nitrogens is 2. The number of halogens is 1. The molecular weight excluding hydrogens is 238 g/mol. The molecule has 2 heterocycles. The van der Waals surface area contributed by atoms with Crippen LogP contribution in [-0.4, -0.2) is 9.97 Å². The van der Waals surface area contributed by atoms with Gasteiger partial charge in [0.15, 0.2) is 0 Å². The number of ether oxygens (including phenoxy) is 1. The molecule has 0 aromatic carbocycles. The molecule has 0 aliphatic carbocycles. The van der Waals surface area contributed by atoms with Crippen molar-refractivity contribution in [3.63, 3.8) is 0 Å². The lowest BCUT2D eigenvalue weighted by molar-refractivity contribution is 0.453. The van der Waals surface area contributed by atoms with Crippen LogP contribution in [0.25, 0.3) is 0 Å². The van der Waals surface area contributed by atoms with Crippen LogP contribution in [0.5, 0.6) is 11.6 Å². The zero-order chi connectivity index (χ0) is 12.3. The van der Waals surface area contributed by atoms with Crippen molar-refractivity contribution in [1.82, 2.24) is 9.97 Å². The highest BCUT2D eigenvalue weighted by molar-refractivity contribution is 6.30. The number of nitrogens with zero attached hydrogens (tertiary/aromatic N) is 2. The quantitative estimate of drug-likeness (QED) is 0.909. The van der Waals surface area contributed by atoms with Crippen molar-refractivity contribution >= 4 is 11.6 Å². The fourth-order valence-corrected chi connectivity index (χ4v) is 1.53. The minimum Gasteiger partial charge on any atom is -0.437 e. The fourth-order valence-electron chi connectivity index (χ4n) is 1.37. The molecule has 0 spiro atoms. The van der Waals surface area contributed by atoms with Gasteiger partial charge in [0.1, 0.15) is 5.75 Å². The van der Waals surface area contributed by atoms with Gasteiger partial charge in [-0.25, -0.2) is 4.98 Å². The van der Waals surface area contributed by atoms with Gasteiger partial charge in [-0.2, -0.15) is 0 Å². The second-order valence-electron chi connectivity index (χ2n) is 3.56. The fraction of sp³-hybridized carbons (Fsp3) is 0.167. The first kappa shape index (κ1) is 11.8. The third-order valence-electron chi connectivity index (χ3n) is 2.19. The number of aryl methyl sites for hydroxylation is 1. The van der Waals surface area contributed by atoms with E-state index in [0.29, 0.717) is 23.2 Å². The van der Waals surface area contributed by atoms with Crippen molar-refractivity contribution in [2.45, 2.75) is 13.5 Å². The van der Waals surface area contributed by atoms with Crippen LogP contribution in [0.15, 0.2) is 30.6 Å². The molecule has 0 unspecified atom stereocenters. The normalized spacial score (nSPS) is 10.3. The van der Waals surface area contributed by atoms with Crippen LogP contribution in [0.3, 0.4) is 0 Å². The smallest absolute Gasteiger partial charge is 0.224 e.